The molecule has 0 aliphatic heterocycles. The lowest BCUT2D eigenvalue weighted by atomic mass is 10.0. The van der Waals surface area contributed by atoms with Crippen molar-refractivity contribution >= 4 is 17.5 Å². The number of benzene rings is 1. The molecule has 1 N–H and O–H groups in total. The highest BCUT2D eigenvalue weighted by molar-refractivity contribution is 6.17. The first-order valence-corrected chi connectivity index (χ1v) is 5.84. The van der Waals surface area contributed by atoms with Gasteiger partial charge in [0.1, 0.15) is 0 Å². The summed E-state index contributed by atoms with van der Waals surface area (Å²) >= 11 is 5.56. The van der Waals surface area contributed by atoms with E-state index in [-0.39, 0.29) is 0 Å². The van der Waals surface area contributed by atoms with Gasteiger partial charge in [0.05, 0.1) is 5.56 Å². The molecule has 1 amide bonds. The van der Waals surface area contributed by atoms with E-state index in [1.165, 1.54) is 0 Å². The van der Waals surface area contributed by atoms with Crippen LogP contribution in [-0.2, 0) is 0 Å². The van der Waals surface area contributed by atoms with Crippen LogP contribution in [0, 0.1) is 17.5 Å². The van der Waals surface area contributed by atoms with Crippen LogP contribution in [0.1, 0.15) is 30.6 Å². The third kappa shape index (κ3) is 3.38. The van der Waals surface area contributed by atoms with Crippen LogP contribution < -0.4 is 5.32 Å². The monoisotopic (exact) mass is 279 g/mol. The molecular formula is C12H13ClF3NO. The van der Waals surface area contributed by atoms with E-state index in [0.717, 1.165) is 6.07 Å². The maximum atomic E-state index is 13.4. The van der Waals surface area contributed by atoms with E-state index in [1.54, 1.807) is 13.8 Å². The van der Waals surface area contributed by atoms with Gasteiger partial charge in [-0.2, -0.15) is 0 Å². The van der Waals surface area contributed by atoms with Crippen LogP contribution in [0.25, 0.3) is 0 Å². The molecule has 0 spiro atoms. The zero-order valence-corrected chi connectivity index (χ0v) is 10.7. The van der Waals surface area contributed by atoms with E-state index in [2.05, 4.69) is 5.32 Å². The van der Waals surface area contributed by atoms with Crippen LogP contribution in [0.15, 0.2) is 12.1 Å². The van der Waals surface area contributed by atoms with Crippen molar-refractivity contribution < 1.29 is 18.0 Å². The minimum atomic E-state index is -1.65. The van der Waals surface area contributed by atoms with Gasteiger partial charge < -0.3 is 5.32 Å². The molecule has 0 aromatic heterocycles. The minimum Gasteiger partial charge on any atom is -0.347 e. The largest absolute Gasteiger partial charge is 0.347 e. The van der Waals surface area contributed by atoms with Gasteiger partial charge in [0.2, 0.25) is 0 Å². The van der Waals surface area contributed by atoms with Gasteiger partial charge in [-0.05, 0) is 32.4 Å². The molecule has 0 aliphatic carbocycles. The molecule has 0 fully saturated rings. The SMILES string of the molecule is CC(C)(CCCl)NC(=O)c1ccc(F)c(F)c1F. The molecule has 0 aliphatic rings. The first kappa shape index (κ1) is 14.8. The van der Waals surface area contributed by atoms with Crippen molar-refractivity contribution in [1.82, 2.24) is 5.32 Å². The van der Waals surface area contributed by atoms with Gasteiger partial charge in [-0.1, -0.05) is 0 Å². The van der Waals surface area contributed by atoms with Gasteiger partial charge in [-0.15, -0.1) is 11.6 Å². The fraction of sp³-hybridized carbons (Fsp3) is 0.417. The van der Waals surface area contributed by atoms with Gasteiger partial charge >= 0.3 is 0 Å². The summed E-state index contributed by atoms with van der Waals surface area (Å²) in [5, 5.41) is 2.51. The minimum absolute atomic E-state index is 0.313. The molecule has 0 heterocycles. The summed E-state index contributed by atoms with van der Waals surface area (Å²) in [6.07, 6.45) is 0.464. The maximum absolute atomic E-state index is 13.4. The fourth-order valence-electron chi connectivity index (χ4n) is 1.37. The number of alkyl halides is 1. The van der Waals surface area contributed by atoms with Gasteiger partial charge in [-0.3, -0.25) is 4.79 Å². The van der Waals surface area contributed by atoms with Crippen molar-refractivity contribution in [3.63, 3.8) is 0 Å². The summed E-state index contributed by atoms with van der Waals surface area (Å²) in [4.78, 5) is 11.7. The predicted molar refractivity (Wildman–Crippen MR) is 63.2 cm³/mol. The van der Waals surface area contributed by atoms with Crippen LogP contribution in [0.4, 0.5) is 13.2 Å². The third-order valence-corrected chi connectivity index (χ3v) is 2.64. The van der Waals surface area contributed by atoms with E-state index < -0.39 is 34.5 Å². The maximum Gasteiger partial charge on any atom is 0.254 e. The zero-order chi connectivity index (χ0) is 13.9. The highest BCUT2D eigenvalue weighted by atomic mass is 35.5. The molecule has 0 radical (unpaired) electrons. The molecule has 100 valence electrons. The quantitative estimate of drug-likeness (QED) is 0.665. The summed E-state index contributed by atoms with van der Waals surface area (Å²) in [7, 11) is 0. The fourth-order valence-corrected chi connectivity index (χ4v) is 1.85. The van der Waals surface area contributed by atoms with Gasteiger partial charge in [0.25, 0.3) is 5.91 Å². The van der Waals surface area contributed by atoms with E-state index in [9.17, 15) is 18.0 Å². The van der Waals surface area contributed by atoms with E-state index >= 15 is 0 Å². The lowest BCUT2D eigenvalue weighted by molar-refractivity contribution is 0.0906. The van der Waals surface area contributed by atoms with Crippen molar-refractivity contribution in [2.24, 2.45) is 0 Å². The number of rotatable bonds is 4. The summed E-state index contributed by atoms with van der Waals surface area (Å²) in [6, 6.07) is 1.61. The average Bonchev–Trinajstić information content (AvgIpc) is 2.25. The second kappa shape index (κ2) is 5.61. The van der Waals surface area contributed by atoms with E-state index in [0.29, 0.717) is 18.4 Å². The number of carbonyl (C=O) groups is 1. The van der Waals surface area contributed by atoms with Crippen LogP contribution in [-0.4, -0.2) is 17.3 Å². The Morgan fingerprint density at radius 3 is 2.44 bits per heavy atom. The number of hydrogen-bond donors (Lipinski definition) is 1. The third-order valence-electron chi connectivity index (χ3n) is 2.45. The normalized spacial score (nSPS) is 11.4. The summed E-state index contributed by atoms with van der Waals surface area (Å²) in [5.41, 5.74) is -1.19. The number of halogens is 4. The lowest BCUT2D eigenvalue weighted by Gasteiger charge is -2.25. The molecule has 18 heavy (non-hydrogen) atoms. The summed E-state index contributed by atoms with van der Waals surface area (Å²) < 4.78 is 39.1. The number of carbonyl (C=O) groups excluding carboxylic acids is 1. The Morgan fingerprint density at radius 1 is 1.28 bits per heavy atom. The highest BCUT2D eigenvalue weighted by Crippen LogP contribution is 2.17. The van der Waals surface area contributed by atoms with Crippen molar-refractivity contribution in [3.8, 4) is 0 Å². The molecule has 2 nitrogen and oxygen atoms in total. The standard InChI is InChI=1S/C12H13ClF3NO/c1-12(2,5-6-13)17-11(18)7-3-4-8(14)10(16)9(7)15/h3-4H,5-6H2,1-2H3,(H,17,18). The average molecular weight is 280 g/mol. The lowest BCUT2D eigenvalue weighted by Crippen LogP contribution is -2.44. The van der Waals surface area contributed by atoms with Crippen LogP contribution in [0.5, 0.6) is 0 Å². The zero-order valence-electron chi connectivity index (χ0n) is 9.99. The van der Waals surface area contributed by atoms with Gasteiger partial charge in [0, 0.05) is 11.4 Å². The molecule has 0 unspecified atom stereocenters. The second-order valence-corrected chi connectivity index (χ2v) is 4.88. The first-order valence-electron chi connectivity index (χ1n) is 5.30. The molecule has 0 saturated carbocycles. The Bertz CT molecular complexity index is 463. The molecule has 0 bridgehead atoms. The Labute approximate surface area is 108 Å². The summed E-state index contributed by atoms with van der Waals surface area (Å²) in [6.45, 7) is 3.40. The van der Waals surface area contributed by atoms with E-state index in [4.69, 9.17) is 11.6 Å². The predicted octanol–water partition coefficient (Wildman–Crippen LogP) is 3.24. The Hall–Kier alpha value is -1.23. The molecule has 1 aromatic carbocycles. The topological polar surface area (TPSA) is 29.1 Å². The van der Waals surface area contributed by atoms with Gasteiger partial charge in [-0.25, -0.2) is 13.2 Å². The number of nitrogens with one attached hydrogen (secondary N) is 1. The smallest absolute Gasteiger partial charge is 0.254 e. The first-order chi connectivity index (χ1) is 8.28. The molecular weight excluding hydrogens is 267 g/mol. The van der Waals surface area contributed by atoms with Crippen LogP contribution >= 0.6 is 11.6 Å². The Morgan fingerprint density at radius 2 is 1.89 bits per heavy atom. The van der Waals surface area contributed by atoms with Crippen molar-refractivity contribution in [1.29, 1.82) is 0 Å². The molecule has 1 aromatic rings. The van der Waals surface area contributed by atoms with Crippen molar-refractivity contribution in [2.75, 3.05) is 5.88 Å². The number of amides is 1. The molecule has 0 atom stereocenters. The number of hydrogen-bond acceptors (Lipinski definition) is 1. The second-order valence-electron chi connectivity index (χ2n) is 4.50. The highest BCUT2D eigenvalue weighted by Gasteiger charge is 2.24. The van der Waals surface area contributed by atoms with E-state index in [1.807, 2.05) is 0 Å². The summed E-state index contributed by atoms with van der Waals surface area (Å²) in [5.74, 6) is -4.97. The Balaban J connectivity index is 2.95. The van der Waals surface area contributed by atoms with Crippen molar-refractivity contribution in [2.45, 2.75) is 25.8 Å². The Kier molecular flexibility index (Phi) is 4.62. The molecule has 0 saturated heterocycles. The molecule has 6 heteroatoms. The molecule has 1 rings (SSSR count). The van der Waals surface area contributed by atoms with Gasteiger partial charge in [0.15, 0.2) is 17.5 Å². The van der Waals surface area contributed by atoms with Crippen LogP contribution in [0.2, 0.25) is 0 Å². The van der Waals surface area contributed by atoms with Crippen LogP contribution in [0.3, 0.4) is 0 Å². The van der Waals surface area contributed by atoms with Crippen molar-refractivity contribution in [3.05, 3.63) is 35.1 Å².